The van der Waals surface area contributed by atoms with Crippen LogP contribution in [-0.2, 0) is 7.05 Å². The molecule has 1 amide bonds. The second kappa shape index (κ2) is 6.15. The van der Waals surface area contributed by atoms with Gasteiger partial charge >= 0.3 is 0 Å². The van der Waals surface area contributed by atoms with E-state index in [-0.39, 0.29) is 23.8 Å². The van der Waals surface area contributed by atoms with Gasteiger partial charge in [-0.05, 0) is 26.2 Å². The zero-order valence-corrected chi connectivity index (χ0v) is 13.6. The van der Waals surface area contributed by atoms with E-state index in [0.29, 0.717) is 4.88 Å². The number of aliphatic hydroxyl groups is 1. The first-order chi connectivity index (χ1) is 9.47. The Labute approximate surface area is 126 Å². The molecule has 2 atom stereocenters. The summed E-state index contributed by atoms with van der Waals surface area (Å²) in [4.78, 5) is 13.9. The summed E-state index contributed by atoms with van der Waals surface area (Å²) in [6.45, 7) is 3.91. The van der Waals surface area contributed by atoms with Crippen LogP contribution < -0.4 is 5.32 Å². The molecule has 0 aliphatic rings. The number of hydrogen-bond acceptors (Lipinski definition) is 5. The Morgan fingerprint density at radius 2 is 2.35 bits per heavy atom. The number of nitrogens with one attached hydrogen (secondary N) is 1. The summed E-state index contributed by atoms with van der Waals surface area (Å²) in [6.07, 6.45) is 1.93. The van der Waals surface area contributed by atoms with Crippen LogP contribution in [0.3, 0.4) is 0 Å². The Hall–Kier alpha value is -1.05. The molecule has 7 heteroatoms. The number of carbonyl (C=O) groups is 1. The summed E-state index contributed by atoms with van der Waals surface area (Å²) in [6, 6.07) is 1.81. The Morgan fingerprint density at radius 1 is 1.65 bits per heavy atom. The van der Waals surface area contributed by atoms with Gasteiger partial charge in [0.2, 0.25) is 0 Å². The zero-order valence-electron chi connectivity index (χ0n) is 12.0. The second-order valence-corrected chi connectivity index (χ2v) is 6.86. The van der Waals surface area contributed by atoms with E-state index in [1.54, 1.807) is 16.4 Å². The van der Waals surface area contributed by atoms with Gasteiger partial charge < -0.3 is 10.4 Å². The van der Waals surface area contributed by atoms with Crippen LogP contribution in [0.5, 0.6) is 0 Å². The highest BCUT2D eigenvalue weighted by Gasteiger charge is 2.20. The molecule has 2 unspecified atom stereocenters. The van der Waals surface area contributed by atoms with Crippen molar-refractivity contribution in [2.24, 2.45) is 7.05 Å². The van der Waals surface area contributed by atoms with Crippen LogP contribution in [-0.4, -0.2) is 44.9 Å². The number of hydrogen-bond donors (Lipinski definition) is 2. The van der Waals surface area contributed by atoms with E-state index >= 15 is 0 Å². The molecule has 2 aromatic rings. The highest BCUT2D eigenvalue weighted by atomic mass is 32.2. The van der Waals surface area contributed by atoms with Gasteiger partial charge in [-0.25, -0.2) is 0 Å². The number of nitrogens with zero attached hydrogens (tertiary/aromatic N) is 2. The van der Waals surface area contributed by atoms with Gasteiger partial charge in [0.15, 0.2) is 0 Å². The summed E-state index contributed by atoms with van der Waals surface area (Å²) in [5.41, 5.74) is 0.934. The van der Waals surface area contributed by atoms with E-state index in [1.165, 1.54) is 11.3 Å². The molecular formula is C13H19N3O2S2. The quantitative estimate of drug-likeness (QED) is 0.883. The third kappa shape index (κ3) is 2.84. The SMILES string of the molecule is CSC(CO)C(C)NC(=O)c1cc2c(C)nn(C)c2s1. The number of aliphatic hydroxyl groups excluding tert-OH is 1. The van der Waals surface area contributed by atoms with Gasteiger partial charge in [0.05, 0.1) is 17.2 Å². The standard InChI is InChI=1S/C13H19N3O2S2/c1-7-9-5-10(20-13(9)16(3)15-7)12(18)14-8(2)11(6-17)19-4/h5,8,11,17H,6H2,1-4H3,(H,14,18). The molecule has 0 bridgehead atoms. The minimum atomic E-state index is -0.0920. The van der Waals surface area contributed by atoms with E-state index in [4.69, 9.17) is 0 Å². The van der Waals surface area contributed by atoms with Gasteiger partial charge in [-0.1, -0.05) is 0 Å². The van der Waals surface area contributed by atoms with Crippen molar-refractivity contribution in [1.82, 2.24) is 15.1 Å². The lowest BCUT2D eigenvalue weighted by Gasteiger charge is -2.20. The van der Waals surface area contributed by atoms with E-state index in [9.17, 15) is 9.90 Å². The molecule has 0 saturated heterocycles. The molecule has 110 valence electrons. The van der Waals surface area contributed by atoms with E-state index in [1.807, 2.05) is 33.2 Å². The van der Waals surface area contributed by atoms with E-state index in [2.05, 4.69) is 10.4 Å². The minimum Gasteiger partial charge on any atom is -0.395 e. The number of aryl methyl sites for hydroxylation is 2. The van der Waals surface area contributed by atoms with Gasteiger partial charge in [-0.2, -0.15) is 16.9 Å². The molecule has 0 aromatic carbocycles. The van der Waals surface area contributed by atoms with E-state index in [0.717, 1.165) is 15.9 Å². The topological polar surface area (TPSA) is 67.2 Å². The first-order valence-corrected chi connectivity index (χ1v) is 8.46. The summed E-state index contributed by atoms with van der Waals surface area (Å²) in [7, 11) is 1.88. The van der Waals surface area contributed by atoms with Crippen molar-refractivity contribution in [3.63, 3.8) is 0 Å². The van der Waals surface area contributed by atoms with E-state index < -0.39 is 0 Å². The fourth-order valence-corrected chi connectivity index (χ4v) is 3.78. The monoisotopic (exact) mass is 313 g/mol. The maximum Gasteiger partial charge on any atom is 0.261 e. The largest absolute Gasteiger partial charge is 0.395 e. The minimum absolute atomic E-state index is 0.0109. The third-order valence-electron chi connectivity index (χ3n) is 3.32. The van der Waals surface area contributed by atoms with Crippen LogP contribution >= 0.6 is 23.1 Å². The first-order valence-electron chi connectivity index (χ1n) is 6.35. The highest BCUT2D eigenvalue weighted by molar-refractivity contribution is 7.99. The van der Waals surface area contributed by atoms with Crippen molar-refractivity contribution in [2.75, 3.05) is 12.9 Å². The molecule has 20 heavy (non-hydrogen) atoms. The maximum atomic E-state index is 12.3. The lowest BCUT2D eigenvalue weighted by molar-refractivity contribution is 0.0940. The molecule has 2 heterocycles. The van der Waals surface area contributed by atoms with Gasteiger partial charge in [0.25, 0.3) is 5.91 Å². The number of amides is 1. The molecule has 0 radical (unpaired) electrons. The van der Waals surface area contributed by atoms with Crippen LogP contribution in [0, 0.1) is 6.92 Å². The fraction of sp³-hybridized carbons (Fsp3) is 0.538. The van der Waals surface area contributed by atoms with Gasteiger partial charge in [0.1, 0.15) is 4.83 Å². The molecule has 0 fully saturated rings. The number of thiophene rings is 1. The number of fused-ring (bicyclic) bond motifs is 1. The molecule has 0 spiro atoms. The Kier molecular flexibility index (Phi) is 4.72. The summed E-state index contributed by atoms with van der Waals surface area (Å²) in [5.74, 6) is -0.0920. The lowest BCUT2D eigenvalue weighted by Crippen LogP contribution is -2.40. The Morgan fingerprint density at radius 3 is 2.90 bits per heavy atom. The first kappa shape index (κ1) is 15.3. The maximum absolute atomic E-state index is 12.3. The van der Waals surface area contributed by atoms with Gasteiger partial charge in [-0.3, -0.25) is 9.48 Å². The van der Waals surface area contributed by atoms with Crippen LogP contribution in [0.4, 0.5) is 0 Å². The Balaban J connectivity index is 2.17. The van der Waals surface area contributed by atoms with Crippen LogP contribution in [0.15, 0.2) is 6.07 Å². The van der Waals surface area contributed by atoms with Crippen LogP contribution in [0.2, 0.25) is 0 Å². The van der Waals surface area contributed by atoms with Gasteiger partial charge in [-0.15, -0.1) is 11.3 Å². The lowest BCUT2D eigenvalue weighted by atomic mass is 10.2. The van der Waals surface area contributed by atoms with Crippen molar-refractivity contribution < 1.29 is 9.90 Å². The molecular weight excluding hydrogens is 294 g/mol. The number of carbonyl (C=O) groups excluding carboxylic acids is 1. The Bertz CT molecular complexity index is 582. The predicted octanol–water partition coefficient (Wildman–Crippen LogP) is 1.79. The van der Waals surface area contributed by atoms with Gasteiger partial charge in [0, 0.05) is 23.7 Å². The van der Waals surface area contributed by atoms with Crippen molar-refractivity contribution in [1.29, 1.82) is 0 Å². The molecule has 0 aliphatic carbocycles. The average Bonchev–Trinajstić information content (AvgIpc) is 2.94. The zero-order chi connectivity index (χ0) is 14.9. The predicted molar refractivity (Wildman–Crippen MR) is 84.6 cm³/mol. The molecule has 0 aliphatic heterocycles. The third-order valence-corrected chi connectivity index (χ3v) is 5.68. The van der Waals surface area contributed by atoms with Crippen LogP contribution in [0.1, 0.15) is 22.3 Å². The molecule has 5 nitrogen and oxygen atoms in total. The van der Waals surface area contributed by atoms with Crippen LogP contribution in [0.25, 0.3) is 10.2 Å². The highest BCUT2D eigenvalue weighted by Crippen LogP contribution is 2.27. The van der Waals surface area contributed by atoms with Crippen molar-refractivity contribution >= 4 is 39.2 Å². The average molecular weight is 313 g/mol. The number of aromatic nitrogens is 2. The molecule has 2 aromatic heterocycles. The summed E-state index contributed by atoms with van der Waals surface area (Å²) >= 11 is 2.99. The molecule has 0 saturated carbocycles. The molecule has 2 rings (SSSR count). The smallest absolute Gasteiger partial charge is 0.261 e. The van der Waals surface area contributed by atoms with Crippen molar-refractivity contribution in [3.05, 3.63) is 16.6 Å². The number of rotatable bonds is 5. The normalized spacial score (nSPS) is 14.4. The summed E-state index contributed by atoms with van der Waals surface area (Å²) in [5, 5.41) is 17.6. The molecule has 2 N–H and O–H groups in total. The summed E-state index contributed by atoms with van der Waals surface area (Å²) < 4.78 is 1.80. The fourth-order valence-electron chi connectivity index (χ4n) is 2.12. The number of thioether (sulfide) groups is 1. The van der Waals surface area contributed by atoms with Crippen molar-refractivity contribution in [2.45, 2.75) is 25.1 Å². The van der Waals surface area contributed by atoms with Crippen molar-refractivity contribution in [3.8, 4) is 0 Å². The second-order valence-electron chi connectivity index (χ2n) is 4.76.